The maximum atomic E-state index is 12.7. The first kappa shape index (κ1) is 16.7. The van der Waals surface area contributed by atoms with Crippen molar-refractivity contribution in [2.75, 3.05) is 31.1 Å². The smallest absolute Gasteiger partial charge is 0.235 e. The molecule has 1 saturated heterocycles. The third-order valence-corrected chi connectivity index (χ3v) is 6.48. The van der Waals surface area contributed by atoms with Gasteiger partial charge in [-0.2, -0.15) is 0 Å². The number of anilines is 1. The molecule has 0 N–H and O–H groups in total. The van der Waals surface area contributed by atoms with E-state index in [-0.39, 0.29) is 5.25 Å². The van der Waals surface area contributed by atoms with E-state index in [1.165, 1.54) is 37.8 Å². The van der Waals surface area contributed by atoms with Crippen molar-refractivity contribution in [3.05, 3.63) is 30.3 Å². The zero-order chi connectivity index (χ0) is 16.1. The van der Waals surface area contributed by atoms with Gasteiger partial charge in [-0.25, -0.2) is 0 Å². The van der Waals surface area contributed by atoms with Gasteiger partial charge in [-0.3, -0.25) is 4.79 Å². The summed E-state index contributed by atoms with van der Waals surface area (Å²) in [4.78, 5) is 17.1. The molecule has 3 rings (SSSR count). The van der Waals surface area contributed by atoms with E-state index in [1.54, 1.807) is 0 Å². The minimum atomic E-state index is 0.112. The number of rotatable bonds is 4. The van der Waals surface area contributed by atoms with Crippen molar-refractivity contribution in [1.29, 1.82) is 0 Å². The van der Waals surface area contributed by atoms with Crippen LogP contribution in [0.25, 0.3) is 0 Å². The number of thioether (sulfide) groups is 1. The van der Waals surface area contributed by atoms with Crippen molar-refractivity contribution in [1.82, 2.24) is 4.90 Å². The maximum Gasteiger partial charge on any atom is 0.235 e. The second kappa shape index (κ2) is 8.09. The first-order chi connectivity index (χ1) is 11.2. The molecular weight excluding hydrogens is 304 g/mol. The molecule has 1 amide bonds. The number of hydrogen-bond acceptors (Lipinski definition) is 3. The first-order valence-electron chi connectivity index (χ1n) is 8.98. The summed E-state index contributed by atoms with van der Waals surface area (Å²) in [5, 5.41) is 0.815. The third-order valence-electron chi connectivity index (χ3n) is 5.01. The molecule has 0 aromatic heterocycles. The summed E-state index contributed by atoms with van der Waals surface area (Å²) in [7, 11) is 0. The summed E-state index contributed by atoms with van der Waals surface area (Å²) in [6.07, 6.45) is 6.65. The summed E-state index contributed by atoms with van der Waals surface area (Å²) < 4.78 is 0. The molecule has 1 heterocycles. The summed E-state index contributed by atoms with van der Waals surface area (Å²) in [5.74, 6) is 0.341. The van der Waals surface area contributed by atoms with E-state index in [0.717, 1.165) is 26.2 Å². The summed E-state index contributed by atoms with van der Waals surface area (Å²) in [6.45, 7) is 5.69. The standard InChI is InChI=1S/C19H28N2OS/c1-16(23-18-10-6-3-7-11-18)19(22)21-14-12-20(13-15-21)17-8-4-2-5-9-17/h2,4-5,8-9,16,18H,3,6-7,10-15H2,1H3. The van der Waals surface area contributed by atoms with E-state index in [1.807, 2.05) is 17.8 Å². The molecule has 1 aromatic rings. The number of benzene rings is 1. The Bertz CT molecular complexity index is 493. The summed E-state index contributed by atoms with van der Waals surface area (Å²) >= 11 is 1.91. The van der Waals surface area contributed by atoms with Crippen molar-refractivity contribution in [2.24, 2.45) is 0 Å². The molecule has 3 nitrogen and oxygen atoms in total. The molecule has 4 heteroatoms. The van der Waals surface area contributed by atoms with Crippen LogP contribution in [0.3, 0.4) is 0 Å². The predicted octanol–water partition coefficient (Wildman–Crippen LogP) is 3.79. The zero-order valence-electron chi connectivity index (χ0n) is 14.1. The van der Waals surface area contributed by atoms with Gasteiger partial charge in [0.15, 0.2) is 0 Å². The van der Waals surface area contributed by atoms with Crippen molar-refractivity contribution in [3.63, 3.8) is 0 Å². The Balaban J connectivity index is 1.47. The lowest BCUT2D eigenvalue weighted by Gasteiger charge is -2.37. The van der Waals surface area contributed by atoms with Crippen LogP contribution in [-0.2, 0) is 4.79 Å². The van der Waals surface area contributed by atoms with Gasteiger partial charge in [0.1, 0.15) is 0 Å². The van der Waals surface area contributed by atoms with Gasteiger partial charge in [0, 0.05) is 37.1 Å². The number of piperazine rings is 1. The summed E-state index contributed by atoms with van der Waals surface area (Å²) in [6, 6.07) is 10.5. The van der Waals surface area contributed by atoms with E-state index in [4.69, 9.17) is 0 Å². The molecule has 1 saturated carbocycles. The van der Waals surface area contributed by atoms with Crippen molar-refractivity contribution < 1.29 is 4.79 Å². The second-order valence-corrected chi connectivity index (χ2v) is 8.33. The average Bonchev–Trinajstić information content (AvgIpc) is 2.63. The number of carbonyl (C=O) groups excluding carboxylic acids is 1. The number of amides is 1. The van der Waals surface area contributed by atoms with Crippen molar-refractivity contribution in [2.45, 2.75) is 49.5 Å². The van der Waals surface area contributed by atoms with Gasteiger partial charge >= 0.3 is 0 Å². The Morgan fingerprint density at radius 1 is 1.04 bits per heavy atom. The van der Waals surface area contributed by atoms with Gasteiger partial charge in [0.05, 0.1) is 5.25 Å². The van der Waals surface area contributed by atoms with Crippen molar-refractivity contribution >= 4 is 23.4 Å². The molecule has 1 aliphatic carbocycles. The fourth-order valence-corrected chi connectivity index (χ4v) is 5.08. The van der Waals surface area contributed by atoms with E-state index in [9.17, 15) is 4.79 Å². The molecule has 2 fully saturated rings. The van der Waals surface area contributed by atoms with E-state index >= 15 is 0 Å². The number of carbonyl (C=O) groups is 1. The van der Waals surface area contributed by atoms with Crippen LogP contribution in [0.5, 0.6) is 0 Å². The quantitative estimate of drug-likeness (QED) is 0.838. The molecule has 0 spiro atoms. The SMILES string of the molecule is CC(SC1CCCCC1)C(=O)N1CCN(c2ccccc2)CC1. The largest absolute Gasteiger partial charge is 0.368 e. The van der Waals surface area contributed by atoms with Gasteiger partial charge < -0.3 is 9.80 Å². The van der Waals surface area contributed by atoms with Gasteiger partial charge in [-0.05, 0) is 31.9 Å². The second-order valence-electron chi connectivity index (χ2n) is 6.69. The van der Waals surface area contributed by atoms with Crippen LogP contribution >= 0.6 is 11.8 Å². The van der Waals surface area contributed by atoms with Gasteiger partial charge in [-0.1, -0.05) is 37.5 Å². The fraction of sp³-hybridized carbons (Fsp3) is 0.632. The van der Waals surface area contributed by atoms with Crippen LogP contribution in [0.2, 0.25) is 0 Å². The molecule has 1 unspecified atom stereocenters. The third kappa shape index (κ3) is 4.43. The molecule has 0 bridgehead atoms. The van der Waals surface area contributed by atoms with Crippen LogP contribution < -0.4 is 4.90 Å². The number of para-hydroxylation sites is 1. The minimum Gasteiger partial charge on any atom is -0.368 e. The number of hydrogen-bond donors (Lipinski definition) is 0. The Morgan fingerprint density at radius 3 is 2.35 bits per heavy atom. The molecule has 1 atom stereocenters. The Labute approximate surface area is 144 Å². The van der Waals surface area contributed by atoms with E-state index < -0.39 is 0 Å². The zero-order valence-corrected chi connectivity index (χ0v) is 14.9. The van der Waals surface area contributed by atoms with Crippen LogP contribution in [0.1, 0.15) is 39.0 Å². The highest BCUT2D eigenvalue weighted by Crippen LogP contribution is 2.31. The maximum absolute atomic E-state index is 12.7. The van der Waals surface area contributed by atoms with Crippen molar-refractivity contribution in [3.8, 4) is 0 Å². The Hall–Kier alpha value is -1.16. The van der Waals surface area contributed by atoms with Gasteiger partial charge in [0.25, 0.3) is 0 Å². The highest BCUT2D eigenvalue weighted by atomic mass is 32.2. The highest BCUT2D eigenvalue weighted by molar-refractivity contribution is 8.01. The van der Waals surface area contributed by atoms with E-state index in [0.29, 0.717) is 11.2 Å². The monoisotopic (exact) mass is 332 g/mol. The van der Waals surface area contributed by atoms with E-state index in [2.05, 4.69) is 41.0 Å². The average molecular weight is 333 g/mol. The van der Waals surface area contributed by atoms with Crippen LogP contribution in [0.4, 0.5) is 5.69 Å². The normalized spacial score (nSPS) is 21.3. The molecule has 1 aliphatic heterocycles. The molecule has 23 heavy (non-hydrogen) atoms. The molecular formula is C19H28N2OS. The minimum absolute atomic E-state index is 0.112. The Morgan fingerprint density at radius 2 is 1.70 bits per heavy atom. The van der Waals surface area contributed by atoms with Crippen LogP contribution in [-0.4, -0.2) is 47.5 Å². The number of nitrogens with zero attached hydrogens (tertiary/aromatic N) is 2. The van der Waals surface area contributed by atoms with Gasteiger partial charge in [-0.15, -0.1) is 11.8 Å². The topological polar surface area (TPSA) is 23.6 Å². The lowest BCUT2D eigenvalue weighted by molar-refractivity contribution is -0.130. The molecule has 1 aromatic carbocycles. The van der Waals surface area contributed by atoms with Crippen LogP contribution in [0.15, 0.2) is 30.3 Å². The molecule has 0 radical (unpaired) electrons. The van der Waals surface area contributed by atoms with Gasteiger partial charge in [0.2, 0.25) is 5.91 Å². The molecule has 126 valence electrons. The first-order valence-corrected chi connectivity index (χ1v) is 9.92. The lowest BCUT2D eigenvalue weighted by Crippen LogP contribution is -2.50. The lowest BCUT2D eigenvalue weighted by atomic mass is 10.0. The predicted molar refractivity (Wildman–Crippen MR) is 99.2 cm³/mol. The Kier molecular flexibility index (Phi) is 5.87. The highest BCUT2D eigenvalue weighted by Gasteiger charge is 2.27. The molecule has 2 aliphatic rings. The summed E-state index contributed by atoms with van der Waals surface area (Å²) in [5.41, 5.74) is 1.27. The fourth-order valence-electron chi connectivity index (χ4n) is 3.63. The van der Waals surface area contributed by atoms with Crippen LogP contribution in [0, 0.1) is 0 Å².